The molecule has 0 aliphatic heterocycles. The van der Waals surface area contributed by atoms with Crippen LogP contribution in [0.4, 0.5) is 5.69 Å². The lowest BCUT2D eigenvalue weighted by molar-refractivity contribution is 0.0951. The number of rotatable bonds is 6. The van der Waals surface area contributed by atoms with Gasteiger partial charge in [0.05, 0.1) is 11.9 Å². The van der Waals surface area contributed by atoms with Crippen molar-refractivity contribution in [3.63, 3.8) is 0 Å². The van der Waals surface area contributed by atoms with Gasteiger partial charge in [0, 0.05) is 31.0 Å². The number of pyridine rings is 1. The zero-order valence-corrected chi connectivity index (χ0v) is 13.9. The molecule has 0 radical (unpaired) electrons. The summed E-state index contributed by atoms with van der Waals surface area (Å²) >= 11 is 0. The van der Waals surface area contributed by atoms with Crippen molar-refractivity contribution in [3.05, 3.63) is 59.9 Å². The maximum Gasteiger partial charge on any atom is 0.251 e. The van der Waals surface area contributed by atoms with Gasteiger partial charge in [-0.1, -0.05) is 6.07 Å². The molecule has 1 N–H and O–H groups in total. The minimum Gasteiger partial charge on any atom is -0.348 e. The van der Waals surface area contributed by atoms with Crippen molar-refractivity contribution < 1.29 is 13.2 Å². The summed E-state index contributed by atoms with van der Waals surface area (Å²) in [5.41, 5.74) is 1.92. The number of sulfonamides is 1. The van der Waals surface area contributed by atoms with Crippen molar-refractivity contribution in [3.8, 4) is 0 Å². The molecule has 2 rings (SSSR count). The lowest BCUT2D eigenvalue weighted by Crippen LogP contribution is -2.29. The van der Waals surface area contributed by atoms with Crippen LogP contribution in [-0.4, -0.2) is 32.1 Å². The minimum absolute atomic E-state index is 0.220. The van der Waals surface area contributed by atoms with Crippen LogP contribution in [0.15, 0.2) is 48.8 Å². The highest BCUT2D eigenvalue weighted by Crippen LogP contribution is 2.18. The molecule has 7 heteroatoms. The molecular weight excluding hydrogens is 314 g/mol. The number of benzene rings is 1. The predicted octanol–water partition coefficient (Wildman–Crippen LogP) is 1.80. The lowest BCUT2D eigenvalue weighted by atomic mass is 10.2. The second kappa shape index (κ2) is 7.23. The Kier molecular flexibility index (Phi) is 5.33. The fourth-order valence-electron chi connectivity index (χ4n) is 2.17. The Hall–Kier alpha value is -2.41. The quantitative estimate of drug-likeness (QED) is 0.874. The molecule has 0 fully saturated rings. The van der Waals surface area contributed by atoms with E-state index in [0.29, 0.717) is 24.3 Å². The zero-order chi connectivity index (χ0) is 16.9. The highest BCUT2D eigenvalue weighted by Gasteiger charge is 2.15. The van der Waals surface area contributed by atoms with Crippen molar-refractivity contribution >= 4 is 21.6 Å². The molecule has 0 atom stereocenters. The van der Waals surface area contributed by atoms with Crippen molar-refractivity contribution in [1.82, 2.24) is 10.3 Å². The number of amides is 1. The van der Waals surface area contributed by atoms with E-state index in [1.165, 1.54) is 4.31 Å². The summed E-state index contributed by atoms with van der Waals surface area (Å²) in [6.45, 7) is 2.49. The Morgan fingerprint density at radius 1 is 1.22 bits per heavy atom. The number of hydrogen-bond donors (Lipinski definition) is 1. The Bertz CT molecular complexity index is 759. The first-order valence-corrected chi connectivity index (χ1v) is 9.01. The van der Waals surface area contributed by atoms with Crippen molar-refractivity contribution in [2.24, 2.45) is 0 Å². The molecule has 0 unspecified atom stereocenters. The van der Waals surface area contributed by atoms with Crippen LogP contribution in [0.3, 0.4) is 0 Å². The molecule has 0 aliphatic carbocycles. The van der Waals surface area contributed by atoms with Crippen molar-refractivity contribution in [2.45, 2.75) is 13.5 Å². The van der Waals surface area contributed by atoms with Gasteiger partial charge in [-0.15, -0.1) is 0 Å². The van der Waals surface area contributed by atoms with Gasteiger partial charge in [0.2, 0.25) is 10.0 Å². The van der Waals surface area contributed by atoms with Crippen LogP contribution in [0.2, 0.25) is 0 Å². The van der Waals surface area contributed by atoms with Gasteiger partial charge in [-0.2, -0.15) is 0 Å². The maximum absolute atomic E-state index is 12.1. The van der Waals surface area contributed by atoms with E-state index in [-0.39, 0.29) is 5.91 Å². The van der Waals surface area contributed by atoms with Gasteiger partial charge in [-0.3, -0.25) is 14.1 Å². The first-order chi connectivity index (χ1) is 10.9. The Balaban J connectivity index is 2.05. The van der Waals surface area contributed by atoms with Gasteiger partial charge in [-0.25, -0.2) is 8.42 Å². The van der Waals surface area contributed by atoms with Crippen molar-refractivity contribution in [2.75, 3.05) is 17.1 Å². The molecule has 122 valence electrons. The first kappa shape index (κ1) is 17.0. The summed E-state index contributed by atoms with van der Waals surface area (Å²) in [6, 6.07) is 10.2. The molecule has 23 heavy (non-hydrogen) atoms. The molecule has 0 spiro atoms. The van der Waals surface area contributed by atoms with Gasteiger partial charge >= 0.3 is 0 Å². The fourth-order valence-corrected chi connectivity index (χ4v) is 3.15. The van der Waals surface area contributed by atoms with Gasteiger partial charge < -0.3 is 5.32 Å². The summed E-state index contributed by atoms with van der Waals surface area (Å²) < 4.78 is 24.6. The third-order valence-electron chi connectivity index (χ3n) is 3.28. The maximum atomic E-state index is 12.1. The molecule has 1 aromatic heterocycles. The lowest BCUT2D eigenvalue weighted by Gasteiger charge is -2.20. The number of carbonyl (C=O) groups is 1. The Labute approximate surface area is 136 Å². The number of nitrogens with one attached hydrogen (secondary N) is 1. The van der Waals surface area contributed by atoms with E-state index in [1.807, 2.05) is 6.07 Å². The second-order valence-electron chi connectivity index (χ2n) is 5.02. The average molecular weight is 333 g/mol. The topological polar surface area (TPSA) is 79.4 Å². The van der Waals surface area contributed by atoms with Crippen LogP contribution in [0.25, 0.3) is 0 Å². The van der Waals surface area contributed by atoms with Crippen LogP contribution in [0, 0.1) is 0 Å². The molecule has 1 aromatic carbocycles. The van der Waals surface area contributed by atoms with Crippen LogP contribution < -0.4 is 9.62 Å². The third kappa shape index (κ3) is 4.53. The third-order valence-corrected chi connectivity index (χ3v) is 4.55. The highest BCUT2D eigenvalue weighted by atomic mass is 32.2. The smallest absolute Gasteiger partial charge is 0.251 e. The molecule has 0 saturated carbocycles. The van der Waals surface area contributed by atoms with E-state index >= 15 is 0 Å². The number of carbonyl (C=O) groups excluding carboxylic acids is 1. The van der Waals surface area contributed by atoms with Gasteiger partial charge in [0.25, 0.3) is 5.91 Å². The molecule has 1 heterocycles. The monoisotopic (exact) mass is 333 g/mol. The number of nitrogens with zero attached hydrogens (tertiary/aromatic N) is 2. The second-order valence-corrected chi connectivity index (χ2v) is 6.93. The molecule has 0 aliphatic rings. The standard InChI is InChI=1S/C16H19N3O3S/c1-3-19(23(2,21)22)15-8-6-14(7-9-15)16(20)18-12-13-5-4-10-17-11-13/h4-11H,3,12H2,1-2H3,(H,18,20). The Morgan fingerprint density at radius 3 is 2.43 bits per heavy atom. The van der Waals surface area contributed by atoms with E-state index in [4.69, 9.17) is 0 Å². The van der Waals surface area contributed by atoms with E-state index in [1.54, 1.807) is 49.6 Å². The summed E-state index contributed by atoms with van der Waals surface area (Å²) in [5, 5.41) is 2.80. The van der Waals surface area contributed by atoms with Crippen LogP contribution in [0.1, 0.15) is 22.8 Å². The highest BCUT2D eigenvalue weighted by molar-refractivity contribution is 7.92. The normalized spacial score (nSPS) is 11.0. The summed E-state index contributed by atoms with van der Waals surface area (Å²) in [6.07, 6.45) is 4.52. The molecule has 2 aromatic rings. The van der Waals surface area contributed by atoms with Gasteiger partial charge in [-0.05, 0) is 42.8 Å². The van der Waals surface area contributed by atoms with Crippen LogP contribution >= 0.6 is 0 Å². The van der Waals surface area contributed by atoms with Gasteiger partial charge in [0.15, 0.2) is 0 Å². The summed E-state index contributed by atoms with van der Waals surface area (Å²) in [7, 11) is -3.32. The SMILES string of the molecule is CCN(c1ccc(C(=O)NCc2cccnc2)cc1)S(C)(=O)=O. The fraction of sp³-hybridized carbons (Fsp3) is 0.250. The zero-order valence-electron chi connectivity index (χ0n) is 13.1. The molecule has 0 bridgehead atoms. The van der Waals surface area contributed by atoms with E-state index in [2.05, 4.69) is 10.3 Å². The van der Waals surface area contributed by atoms with E-state index in [9.17, 15) is 13.2 Å². The van der Waals surface area contributed by atoms with E-state index < -0.39 is 10.0 Å². The van der Waals surface area contributed by atoms with Crippen LogP contribution in [0.5, 0.6) is 0 Å². The summed E-state index contributed by atoms with van der Waals surface area (Å²) in [4.78, 5) is 16.1. The molecule has 1 amide bonds. The molecular formula is C16H19N3O3S. The predicted molar refractivity (Wildman–Crippen MR) is 89.7 cm³/mol. The summed E-state index contributed by atoms with van der Waals surface area (Å²) in [5.74, 6) is -0.220. The largest absolute Gasteiger partial charge is 0.348 e. The number of aromatic nitrogens is 1. The molecule has 0 saturated heterocycles. The van der Waals surface area contributed by atoms with Gasteiger partial charge in [0.1, 0.15) is 0 Å². The van der Waals surface area contributed by atoms with Crippen LogP contribution in [-0.2, 0) is 16.6 Å². The average Bonchev–Trinajstić information content (AvgIpc) is 2.53. The van der Waals surface area contributed by atoms with Crippen molar-refractivity contribution in [1.29, 1.82) is 0 Å². The minimum atomic E-state index is -3.32. The number of hydrogen-bond acceptors (Lipinski definition) is 4. The number of anilines is 1. The van der Waals surface area contributed by atoms with E-state index in [0.717, 1.165) is 11.8 Å². The molecule has 6 nitrogen and oxygen atoms in total. The first-order valence-electron chi connectivity index (χ1n) is 7.16. The Morgan fingerprint density at radius 2 is 1.91 bits per heavy atom.